The van der Waals surface area contributed by atoms with Crippen molar-refractivity contribution in [3.63, 3.8) is 0 Å². The lowest BCUT2D eigenvalue weighted by atomic mass is 10.2. The van der Waals surface area contributed by atoms with E-state index in [0.717, 1.165) is 0 Å². The molecule has 0 bridgehead atoms. The van der Waals surface area contributed by atoms with Crippen LogP contribution in [0.3, 0.4) is 0 Å². The van der Waals surface area contributed by atoms with E-state index in [4.69, 9.17) is 20.1 Å². The molecule has 0 amide bonds. The first-order valence-corrected chi connectivity index (χ1v) is 3.49. The molecule has 2 unspecified atom stereocenters. The highest BCUT2D eigenvalue weighted by Crippen LogP contribution is 2.22. The smallest absolute Gasteiger partial charge is 0.129 e. The molecular weight excluding hydrogens is 156 g/mol. The van der Waals surface area contributed by atoms with Gasteiger partial charge in [0.1, 0.15) is 23.7 Å². The van der Waals surface area contributed by atoms with Crippen molar-refractivity contribution in [2.24, 2.45) is 0 Å². The largest absolute Gasteiger partial charge is 0.394 e. The lowest BCUT2D eigenvalue weighted by molar-refractivity contribution is -0.00794. The zero-order chi connectivity index (χ0) is 7.72. The molecule has 0 aromatic carbocycles. The quantitative estimate of drug-likeness (QED) is 0.352. The highest BCUT2D eigenvalue weighted by molar-refractivity contribution is 7.80. The van der Waals surface area contributed by atoms with Gasteiger partial charge in [0.05, 0.1) is 6.61 Å². The van der Waals surface area contributed by atoms with Crippen LogP contribution in [0.15, 0.2) is 0 Å². The first kappa shape index (κ1) is 8.29. The van der Waals surface area contributed by atoms with Gasteiger partial charge in [0.2, 0.25) is 0 Å². The van der Waals surface area contributed by atoms with Gasteiger partial charge < -0.3 is 20.1 Å². The molecule has 3 N–H and O–H groups in total. The number of hydrogen-bond acceptors (Lipinski definition) is 5. The van der Waals surface area contributed by atoms with E-state index < -0.39 is 23.7 Å². The highest BCUT2D eigenvalue weighted by atomic mass is 32.1. The van der Waals surface area contributed by atoms with Crippen molar-refractivity contribution in [2.75, 3.05) is 6.61 Å². The third kappa shape index (κ3) is 1.28. The van der Waals surface area contributed by atoms with Crippen molar-refractivity contribution in [2.45, 2.75) is 23.7 Å². The molecule has 0 aromatic heterocycles. The van der Waals surface area contributed by atoms with E-state index in [1.54, 1.807) is 0 Å². The zero-order valence-corrected chi connectivity index (χ0v) is 6.11. The molecule has 1 rings (SSSR count). The Labute approximate surface area is 63.8 Å². The summed E-state index contributed by atoms with van der Waals surface area (Å²) in [6, 6.07) is 0. The van der Waals surface area contributed by atoms with Crippen LogP contribution in [-0.2, 0) is 4.74 Å². The van der Waals surface area contributed by atoms with Gasteiger partial charge >= 0.3 is 0 Å². The van der Waals surface area contributed by atoms with E-state index in [1.165, 1.54) is 0 Å². The van der Waals surface area contributed by atoms with Crippen LogP contribution >= 0.6 is 12.6 Å². The zero-order valence-electron chi connectivity index (χ0n) is 5.21. The molecule has 0 radical (unpaired) electrons. The van der Waals surface area contributed by atoms with Gasteiger partial charge in [-0.15, -0.1) is 12.6 Å². The van der Waals surface area contributed by atoms with E-state index in [-0.39, 0.29) is 6.61 Å². The molecule has 10 heavy (non-hydrogen) atoms. The average Bonchev–Trinajstić information content (AvgIpc) is 2.17. The Kier molecular flexibility index (Phi) is 2.54. The molecule has 0 aromatic rings. The summed E-state index contributed by atoms with van der Waals surface area (Å²) in [4.78, 5) is 0. The molecule has 1 aliphatic rings. The second-order valence-electron chi connectivity index (χ2n) is 2.23. The Hall–Kier alpha value is 0.190. The van der Waals surface area contributed by atoms with Crippen LogP contribution < -0.4 is 0 Å². The normalized spacial score (nSPS) is 48.0. The number of aliphatic hydroxyl groups excluding tert-OH is 3. The lowest BCUT2D eigenvalue weighted by Gasteiger charge is -2.09. The average molecular weight is 166 g/mol. The highest BCUT2D eigenvalue weighted by Gasteiger charge is 2.40. The Balaban J connectivity index is 2.53. The van der Waals surface area contributed by atoms with Crippen LogP contribution in [0, 0.1) is 0 Å². The van der Waals surface area contributed by atoms with Gasteiger partial charge in [-0.2, -0.15) is 0 Å². The van der Waals surface area contributed by atoms with Crippen molar-refractivity contribution < 1.29 is 20.1 Å². The summed E-state index contributed by atoms with van der Waals surface area (Å²) in [6.45, 7) is -0.296. The molecule has 0 saturated carbocycles. The first-order chi connectivity index (χ1) is 4.66. The maximum absolute atomic E-state index is 9.04. The van der Waals surface area contributed by atoms with Gasteiger partial charge in [-0.3, -0.25) is 0 Å². The minimum absolute atomic E-state index is 0.296. The fourth-order valence-corrected chi connectivity index (χ4v) is 1.21. The number of hydrogen-bond donors (Lipinski definition) is 4. The van der Waals surface area contributed by atoms with Crippen LogP contribution in [0.5, 0.6) is 0 Å². The second kappa shape index (κ2) is 3.06. The van der Waals surface area contributed by atoms with E-state index in [9.17, 15) is 0 Å². The molecule has 0 aliphatic carbocycles. The number of aliphatic hydroxyl groups is 3. The molecule has 0 spiro atoms. The van der Waals surface area contributed by atoms with Crippen molar-refractivity contribution >= 4 is 12.6 Å². The van der Waals surface area contributed by atoms with Gasteiger partial charge in [0, 0.05) is 0 Å². The first-order valence-electron chi connectivity index (χ1n) is 2.97. The molecule has 4 atom stereocenters. The monoisotopic (exact) mass is 166 g/mol. The van der Waals surface area contributed by atoms with Crippen molar-refractivity contribution in [1.29, 1.82) is 0 Å². The third-order valence-electron chi connectivity index (χ3n) is 1.52. The fraction of sp³-hybridized carbons (Fsp3) is 1.00. The van der Waals surface area contributed by atoms with Crippen LogP contribution in [0.25, 0.3) is 0 Å². The van der Waals surface area contributed by atoms with Gasteiger partial charge in [0.15, 0.2) is 0 Å². The van der Waals surface area contributed by atoms with Gasteiger partial charge in [-0.05, 0) is 0 Å². The standard InChI is InChI=1S/C5H10O4S/c6-1-2-3(7)4(8)5(10)9-2/h2-8,10H,1H2/t2-,3?,4?,5+/m1/s1. The summed E-state index contributed by atoms with van der Waals surface area (Å²) >= 11 is 3.82. The minimum atomic E-state index is -1.02. The van der Waals surface area contributed by atoms with Crippen LogP contribution in [0.1, 0.15) is 0 Å². The number of rotatable bonds is 1. The number of ether oxygens (including phenoxy) is 1. The van der Waals surface area contributed by atoms with Gasteiger partial charge in [-0.25, -0.2) is 0 Å². The second-order valence-corrected chi connectivity index (χ2v) is 2.74. The maximum Gasteiger partial charge on any atom is 0.129 e. The summed E-state index contributed by atoms with van der Waals surface area (Å²) in [5.74, 6) is 0. The summed E-state index contributed by atoms with van der Waals surface area (Å²) in [5.41, 5.74) is -0.688. The Morgan fingerprint density at radius 1 is 1.30 bits per heavy atom. The molecule has 4 nitrogen and oxygen atoms in total. The van der Waals surface area contributed by atoms with Crippen molar-refractivity contribution in [3.8, 4) is 0 Å². The molecule has 1 fully saturated rings. The molecule has 1 aliphatic heterocycles. The van der Waals surface area contributed by atoms with Crippen molar-refractivity contribution in [1.82, 2.24) is 0 Å². The molecular formula is C5H10O4S. The van der Waals surface area contributed by atoms with E-state index >= 15 is 0 Å². The van der Waals surface area contributed by atoms with Crippen LogP contribution in [0.4, 0.5) is 0 Å². The Bertz CT molecular complexity index is 120. The fourth-order valence-electron chi connectivity index (χ4n) is 0.880. The predicted molar refractivity (Wildman–Crippen MR) is 36.7 cm³/mol. The summed E-state index contributed by atoms with van der Waals surface area (Å²) in [6.07, 6.45) is -2.72. The predicted octanol–water partition coefficient (Wildman–Crippen LogP) is -1.64. The minimum Gasteiger partial charge on any atom is -0.394 e. The maximum atomic E-state index is 9.04. The third-order valence-corrected chi connectivity index (χ3v) is 1.94. The van der Waals surface area contributed by atoms with E-state index in [1.807, 2.05) is 0 Å². The van der Waals surface area contributed by atoms with E-state index in [2.05, 4.69) is 12.6 Å². The molecule has 5 heteroatoms. The number of thiol groups is 1. The SMILES string of the molecule is OC[C@H]1O[C@@H](S)C(O)C1O. The Morgan fingerprint density at radius 2 is 1.90 bits per heavy atom. The van der Waals surface area contributed by atoms with Crippen molar-refractivity contribution in [3.05, 3.63) is 0 Å². The van der Waals surface area contributed by atoms with E-state index in [0.29, 0.717) is 0 Å². The Morgan fingerprint density at radius 3 is 2.10 bits per heavy atom. The van der Waals surface area contributed by atoms with Crippen LogP contribution in [0.2, 0.25) is 0 Å². The molecule has 1 heterocycles. The summed E-state index contributed by atoms with van der Waals surface area (Å²) < 4.78 is 4.85. The van der Waals surface area contributed by atoms with Gasteiger partial charge in [0.25, 0.3) is 0 Å². The lowest BCUT2D eigenvalue weighted by Crippen LogP contribution is -2.32. The topological polar surface area (TPSA) is 69.9 Å². The molecule has 1 saturated heterocycles. The van der Waals surface area contributed by atoms with Crippen LogP contribution in [-0.4, -0.2) is 45.7 Å². The summed E-state index contributed by atoms with van der Waals surface area (Å²) in [5, 5.41) is 26.6. The van der Waals surface area contributed by atoms with Gasteiger partial charge in [-0.1, -0.05) is 0 Å². The summed E-state index contributed by atoms with van der Waals surface area (Å²) in [7, 11) is 0. The molecule has 60 valence electrons.